The molecular formula is C53H36IrN3. The van der Waals surface area contributed by atoms with E-state index in [0.717, 1.165) is 68.9 Å². The minimum Gasteiger partial charge on any atom is -0.305 e. The molecule has 57 heavy (non-hydrogen) atoms. The monoisotopic (exact) mass is 907 g/mol. The largest absolute Gasteiger partial charge is 3.00 e. The van der Waals surface area contributed by atoms with Crippen LogP contribution in [0.15, 0.2) is 195 Å². The summed E-state index contributed by atoms with van der Waals surface area (Å²) in [4.78, 5) is 13.6. The molecule has 0 N–H and O–H groups in total. The summed E-state index contributed by atoms with van der Waals surface area (Å²) < 4.78 is 0. The van der Waals surface area contributed by atoms with Gasteiger partial charge in [-0.25, -0.2) is 0 Å². The van der Waals surface area contributed by atoms with Crippen molar-refractivity contribution in [2.75, 3.05) is 0 Å². The zero-order chi connectivity index (χ0) is 37.5. The molecule has 0 amide bonds. The van der Waals surface area contributed by atoms with Crippen molar-refractivity contribution in [1.82, 2.24) is 15.0 Å². The Morgan fingerprint density at radius 2 is 0.719 bits per heavy atom. The smallest absolute Gasteiger partial charge is 0.305 e. The Morgan fingerprint density at radius 3 is 1.09 bits per heavy atom. The fourth-order valence-corrected chi connectivity index (χ4v) is 7.25. The van der Waals surface area contributed by atoms with Gasteiger partial charge in [-0.05, 0) is 75.6 Å². The summed E-state index contributed by atoms with van der Waals surface area (Å²) in [5, 5.41) is 0. The Morgan fingerprint density at radius 1 is 0.333 bits per heavy atom. The van der Waals surface area contributed by atoms with Gasteiger partial charge in [-0.15, -0.1) is 95.1 Å². The van der Waals surface area contributed by atoms with Crippen LogP contribution < -0.4 is 0 Å². The van der Waals surface area contributed by atoms with Crippen molar-refractivity contribution in [3.05, 3.63) is 224 Å². The molecule has 0 radical (unpaired) electrons. The minimum atomic E-state index is 0. The van der Waals surface area contributed by atoms with Crippen molar-refractivity contribution in [2.45, 2.75) is 12.8 Å². The summed E-state index contributed by atoms with van der Waals surface area (Å²) in [6.45, 7) is 0. The first-order chi connectivity index (χ1) is 27.7. The van der Waals surface area contributed by atoms with E-state index in [0.29, 0.717) is 0 Å². The van der Waals surface area contributed by atoms with Crippen LogP contribution in [0.25, 0.3) is 78.3 Å². The number of benzene rings is 6. The summed E-state index contributed by atoms with van der Waals surface area (Å²) in [5.41, 5.74) is 17.5. The first-order valence-corrected chi connectivity index (χ1v) is 18.9. The van der Waals surface area contributed by atoms with E-state index >= 15 is 0 Å². The molecule has 0 saturated carbocycles. The van der Waals surface area contributed by atoms with Crippen LogP contribution in [0.3, 0.4) is 0 Å². The summed E-state index contributed by atoms with van der Waals surface area (Å²) in [6, 6.07) is 71.9. The topological polar surface area (TPSA) is 38.7 Å². The van der Waals surface area contributed by atoms with Crippen LogP contribution in [0.1, 0.15) is 11.1 Å². The molecule has 0 unspecified atom stereocenters. The van der Waals surface area contributed by atoms with Gasteiger partial charge in [0.25, 0.3) is 0 Å². The zero-order valence-electron chi connectivity index (χ0n) is 31.1. The van der Waals surface area contributed by atoms with E-state index in [1.807, 2.05) is 73.2 Å². The van der Waals surface area contributed by atoms with E-state index in [1.165, 1.54) is 33.4 Å². The van der Waals surface area contributed by atoms with E-state index in [9.17, 15) is 0 Å². The predicted octanol–water partition coefficient (Wildman–Crippen LogP) is 12.7. The zero-order valence-corrected chi connectivity index (χ0v) is 33.5. The number of aromatic nitrogens is 3. The molecule has 0 aliphatic carbocycles. The summed E-state index contributed by atoms with van der Waals surface area (Å²) in [6.07, 6.45) is 7.23. The molecule has 3 heterocycles. The molecule has 3 nitrogen and oxygen atoms in total. The first-order valence-electron chi connectivity index (χ1n) is 18.9. The van der Waals surface area contributed by atoms with Crippen molar-refractivity contribution in [1.29, 1.82) is 0 Å². The number of aryl methyl sites for hydroxylation is 2. The van der Waals surface area contributed by atoms with Gasteiger partial charge in [0.2, 0.25) is 0 Å². The second-order valence-electron chi connectivity index (χ2n) is 13.7. The molecule has 0 aliphatic heterocycles. The maximum Gasteiger partial charge on any atom is 3.00 e. The van der Waals surface area contributed by atoms with Gasteiger partial charge in [0.15, 0.2) is 0 Å². The van der Waals surface area contributed by atoms with Gasteiger partial charge in [0.1, 0.15) is 0 Å². The van der Waals surface area contributed by atoms with Crippen LogP contribution in [-0.4, -0.2) is 15.0 Å². The molecule has 0 bridgehead atoms. The van der Waals surface area contributed by atoms with E-state index in [-0.39, 0.29) is 20.1 Å². The SMILES string of the molecule is [Ir+3].[c-]1cc(CCc2cc(-c3ccccc3-c3c[c-]c(-c4ccccn4)cc3)cc(-c3ccccc3-c3c[c-]c(-c4ccccn4)cc3)c2)ccc1-c1ccccn1. The molecule has 4 heteroatoms. The number of rotatable bonds is 10. The van der Waals surface area contributed by atoms with Crippen LogP contribution in [-0.2, 0) is 32.9 Å². The van der Waals surface area contributed by atoms with Gasteiger partial charge in [0.05, 0.1) is 0 Å². The van der Waals surface area contributed by atoms with Crippen LogP contribution in [0.5, 0.6) is 0 Å². The summed E-state index contributed by atoms with van der Waals surface area (Å²) >= 11 is 0. The predicted molar refractivity (Wildman–Crippen MR) is 228 cm³/mol. The fourth-order valence-electron chi connectivity index (χ4n) is 7.25. The number of pyridine rings is 3. The second kappa shape index (κ2) is 17.5. The van der Waals surface area contributed by atoms with Gasteiger partial charge < -0.3 is 15.0 Å². The van der Waals surface area contributed by atoms with Crippen molar-refractivity contribution in [3.8, 4) is 78.3 Å². The molecule has 0 aliphatic rings. The molecular weight excluding hydrogens is 871 g/mol. The maximum atomic E-state index is 4.53. The Bertz CT molecular complexity index is 2550. The molecule has 0 atom stereocenters. The molecule has 9 rings (SSSR count). The normalized spacial score (nSPS) is 10.8. The van der Waals surface area contributed by atoms with Crippen molar-refractivity contribution >= 4 is 0 Å². The van der Waals surface area contributed by atoms with E-state index in [1.54, 1.807) is 0 Å². The third-order valence-electron chi connectivity index (χ3n) is 10.1. The van der Waals surface area contributed by atoms with Crippen molar-refractivity contribution in [2.24, 2.45) is 0 Å². The van der Waals surface area contributed by atoms with Gasteiger partial charge in [-0.2, -0.15) is 0 Å². The van der Waals surface area contributed by atoms with Crippen LogP contribution in [0.2, 0.25) is 0 Å². The van der Waals surface area contributed by atoms with E-state index in [4.69, 9.17) is 0 Å². The Labute approximate surface area is 348 Å². The van der Waals surface area contributed by atoms with Gasteiger partial charge in [-0.3, -0.25) is 0 Å². The number of hydrogen-bond acceptors (Lipinski definition) is 3. The molecule has 6 aromatic carbocycles. The van der Waals surface area contributed by atoms with Crippen molar-refractivity contribution in [3.63, 3.8) is 0 Å². The van der Waals surface area contributed by atoms with Crippen LogP contribution in [0, 0.1) is 18.2 Å². The number of nitrogens with zero attached hydrogens (tertiary/aromatic N) is 3. The average Bonchev–Trinajstić information content (AvgIpc) is 3.29. The Kier molecular flexibility index (Phi) is 11.5. The average molecular weight is 907 g/mol. The minimum absolute atomic E-state index is 0. The first kappa shape index (κ1) is 37.3. The molecule has 0 fully saturated rings. The maximum absolute atomic E-state index is 4.53. The third-order valence-corrected chi connectivity index (χ3v) is 10.1. The fraction of sp³-hybridized carbons (Fsp3) is 0.0377. The molecule has 9 aromatic rings. The molecule has 0 saturated heterocycles. The summed E-state index contributed by atoms with van der Waals surface area (Å²) in [7, 11) is 0. The summed E-state index contributed by atoms with van der Waals surface area (Å²) in [5.74, 6) is 0. The molecule has 272 valence electrons. The van der Waals surface area contributed by atoms with Crippen LogP contribution in [0.4, 0.5) is 0 Å². The second-order valence-corrected chi connectivity index (χ2v) is 13.7. The van der Waals surface area contributed by atoms with Crippen LogP contribution >= 0.6 is 0 Å². The molecule has 0 spiro atoms. The Balaban J connectivity index is 0.00000455. The third kappa shape index (κ3) is 8.49. The Hall–Kier alpha value is -6.58. The molecule has 3 aromatic heterocycles. The van der Waals surface area contributed by atoms with Crippen molar-refractivity contribution < 1.29 is 20.1 Å². The standard InChI is InChI=1S/C53H36N3.Ir/c1-3-13-49(47(11-1)40-24-28-43(29-25-40)52-16-6-9-33-55-52)45-35-39(19-18-38-20-22-42(23-21-38)51-15-5-8-32-54-51)36-46(37-45)50-14-4-2-12-48(50)41-26-30-44(31-27-41)53-17-7-10-34-56-53;/h1-17,20-22,24-28,30,32-37H,18-19H2;/q-3;+3. The van der Waals surface area contributed by atoms with E-state index < -0.39 is 0 Å². The number of hydrogen-bond donors (Lipinski definition) is 0. The van der Waals surface area contributed by atoms with Gasteiger partial charge in [0, 0.05) is 18.6 Å². The van der Waals surface area contributed by atoms with E-state index in [2.05, 4.69) is 154 Å². The quantitative estimate of drug-likeness (QED) is 0.128. The van der Waals surface area contributed by atoms with Gasteiger partial charge in [-0.1, -0.05) is 126 Å². The van der Waals surface area contributed by atoms with Gasteiger partial charge >= 0.3 is 20.1 Å².